The molecule has 18 heavy (non-hydrogen) atoms. The molecule has 1 aliphatic heterocycles. The Balaban J connectivity index is 2.21. The Morgan fingerprint density at radius 3 is 3.11 bits per heavy atom. The van der Waals surface area contributed by atoms with Gasteiger partial charge >= 0.3 is 5.97 Å². The van der Waals surface area contributed by atoms with Crippen LogP contribution in [0.15, 0.2) is 29.3 Å². The topological polar surface area (TPSA) is 54.4 Å². The standard InChI is InChI=1S/C14H14N2O2/c1-18-14(17)11-8-15-7-6-10-9-4-2-3-5-12(9)16-13(10)11/h2-5,8,11,16H,6-7H2,1H3. The summed E-state index contributed by atoms with van der Waals surface area (Å²) in [4.78, 5) is 19.4. The average Bonchev–Trinajstić information content (AvgIpc) is 2.64. The average molecular weight is 242 g/mol. The van der Waals surface area contributed by atoms with Crippen molar-refractivity contribution >= 4 is 23.1 Å². The highest BCUT2D eigenvalue weighted by Gasteiger charge is 2.26. The van der Waals surface area contributed by atoms with Crippen LogP contribution in [0.1, 0.15) is 17.2 Å². The molecule has 0 saturated heterocycles. The summed E-state index contributed by atoms with van der Waals surface area (Å²) >= 11 is 0. The van der Waals surface area contributed by atoms with Crippen LogP contribution in [0.5, 0.6) is 0 Å². The molecule has 1 unspecified atom stereocenters. The van der Waals surface area contributed by atoms with Crippen LogP contribution >= 0.6 is 0 Å². The third-order valence-electron chi connectivity index (χ3n) is 3.36. The number of methoxy groups -OCH3 is 1. The number of hydrogen-bond acceptors (Lipinski definition) is 3. The fraction of sp³-hybridized carbons (Fsp3) is 0.286. The highest BCUT2D eigenvalue weighted by Crippen LogP contribution is 2.29. The van der Waals surface area contributed by atoms with Crippen LogP contribution < -0.4 is 0 Å². The number of esters is 1. The minimum atomic E-state index is -0.417. The fourth-order valence-electron chi connectivity index (χ4n) is 2.49. The van der Waals surface area contributed by atoms with Crippen LogP contribution in [-0.4, -0.2) is 30.8 Å². The van der Waals surface area contributed by atoms with Crippen LogP contribution in [0.4, 0.5) is 0 Å². The van der Waals surface area contributed by atoms with Gasteiger partial charge in [-0.05, 0) is 18.1 Å². The Hall–Kier alpha value is -2.10. The van der Waals surface area contributed by atoms with E-state index in [-0.39, 0.29) is 5.97 Å². The molecule has 1 aromatic carbocycles. The number of nitrogens with zero attached hydrogens (tertiary/aromatic N) is 1. The number of rotatable bonds is 1. The quantitative estimate of drug-likeness (QED) is 0.778. The predicted molar refractivity (Wildman–Crippen MR) is 70.1 cm³/mol. The Bertz CT molecular complexity index is 628. The van der Waals surface area contributed by atoms with E-state index in [2.05, 4.69) is 16.0 Å². The van der Waals surface area contributed by atoms with Gasteiger partial charge in [-0.3, -0.25) is 9.79 Å². The second-order valence-corrected chi connectivity index (χ2v) is 4.37. The van der Waals surface area contributed by atoms with E-state index in [0.717, 1.165) is 17.6 Å². The predicted octanol–water partition coefficient (Wildman–Crippen LogP) is 2.05. The number of aromatic amines is 1. The Morgan fingerprint density at radius 1 is 1.44 bits per heavy atom. The Morgan fingerprint density at radius 2 is 2.28 bits per heavy atom. The molecule has 1 N–H and O–H groups in total. The van der Waals surface area contributed by atoms with Crippen molar-refractivity contribution in [3.05, 3.63) is 35.5 Å². The number of H-pyrrole nitrogens is 1. The second-order valence-electron chi connectivity index (χ2n) is 4.37. The Labute approximate surface area is 105 Å². The first-order valence-electron chi connectivity index (χ1n) is 5.98. The van der Waals surface area contributed by atoms with Gasteiger partial charge < -0.3 is 9.72 Å². The van der Waals surface area contributed by atoms with Crippen molar-refractivity contribution in [1.82, 2.24) is 4.98 Å². The molecule has 0 radical (unpaired) electrons. The number of carbonyl (C=O) groups is 1. The van der Waals surface area contributed by atoms with E-state index in [4.69, 9.17) is 4.74 Å². The van der Waals surface area contributed by atoms with Gasteiger partial charge in [0.1, 0.15) is 5.92 Å². The van der Waals surface area contributed by atoms with Crippen molar-refractivity contribution in [3.8, 4) is 0 Å². The van der Waals surface area contributed by atoms with E-state index in [1.165, 1.54) is 18.1 Å². The first-order chi connectivity index (χ1) is 8.81. The monoisotopic (exact) mass is 242 g/mol. The van der Waals surface area contributed by atoms with Gasteiger partial charge in [0.15, 0.2) is 0 Å². The molecule has 2 aromatic rings. The van der Waals surface area contributed by atoms with Crippen LogP contribution in [0.2, 0.25) is 0 Å². The van der Waals surface area contributed by atoms with Crippen LogP contribution in [-0.2, 0) is 16.0 Å². The molecule has 4 heteroatoms. The summed E-state index contributed by atoms with van der Waals surface area (Å²) in [6, 6.07) is 8.09. The molecule has 0 amide bonds. The molecule has 0 saturated carbocycles. The summed E-state index contributed by atoms with van der Waals surface area (Å²) in [5.41, 5.74) is 3.16. The maximum Gasteiger partial charge on any atom is 0.320 e. The van der Waals surface area contributed by atoms with E-state index < -0.39 is 5.92 Å². The number of para-hydroxylation sites is 1. The molecule has 1 atom stereocenters. The van der Waals surface area contributed by atoms with Crippen molar-refractivity contribution in [2.24, 2.45) is 4.99 Å². The molecular formula is C14H14N2O2. The van der Waals surface area contributed by atoms with Gasteiger partial charge in [0.25, 0.3) is 0 Å². The smallest absolute Gasteiger partial charge is 0.320 e. The van der Waals surface area contributed by atoms with Crippen LogP contribution in [0, 0.1) is 0 Å². The molecule has 0 aliphatic carbocycles. The van der Waals surface area contributed by atoms with Gasteiger partial charge in [0.2, 0.25) is 0 Å². The number of benzene rings is 1. The molecule has 92 valence electrons. The van der Waals surface area contributed by atoms with E-state index >= 15 is 0 Å². The zero-order chi connectivity index (χ0) is 12.5. The normalized spacial score (nSPS) is 18.4. The zero-order valence-electron chi connectivity index (χ0n) is 10.1. The third-order valence-corrected chi connectivity index (χ3v) is 3.36. The lowest BCUT2D eigenvalue weighted by Crippen LogP contribution is -2.16. The minimum absolute atomic E-state index is 0.270. The van der Waals surface area contributed by atoms with Crippen LogP contribution in [0.25, 0.3) is 10.9 Å². The van der Waals surface area contributed by atoms with E-state index in [0.29, 0.717) is 6.54 Å². The summed E-state index contributed by atoms with van der Waals surface area (Å²) in [5.74, 6) is -0.687. The summed E-state index contributed by atoms with van der Waals surface area (Å²) in [6.07, 6.45) is 2.54. The summed E-state index contributed by atoms with van der Waals surface area (Å²) in [7, 11) is 1.41. The maximum atomic E-state index is 11.8. The van der Waals surface area contributed by atoms with Crippen molar-refractivity contribution in [2.75, 3.05) is 13.7 Å². The number of aromatic nitrogens is 1. The van der Waals surface area contributed by atoms with E-state index in [1.807, 2.05) is 18.2 Å². The molecule has 0 spiro atoms. The SMILES string of the molecule is COC(=O)C1C=NCCc2c1[nH]c1ccccc21. The number of hydrogen-bond donors (Lipinski definition) is 1. The number of ether oxygens (including phenoxy) is 1. The van der Waals surface area contributed by atoms with Gasteiger partial charge in [-0.15, -0.1) is 0 Å². The lowest BCUT2D eigenvalue weighted by Gasteiger charge is -2.08. The van der Waals surface area contributed by atoms with Crippen molar-refractivity contribution in [1.29, 1.82) is 0 Å². The first-order valence-corrected chi connectivity index (χ1v) is 5.98. The van der Waals surface area contributed by atoms with E-state index in [9.17, 15) is 4.79 Å². The molecule has 0 bridgehead atoms. The molecule has 0 fully saturated rings. The fourth-order valence-corrected chi connectivity index (χ4v) is 2.49. The first kappa shape index (κ1) is 11.0. The molecule has 4 nitrogen and oxygen atoms in total. The number of aliphatic imine (C=N–C) groups is 1. The largest absolute Gasteiger partial charge is 0.468 e. The molecule has 2 heterocycles. The van der Waals surface area contributed by atoms with Crippen molar-refractivity contribution < 1.29 is 9.53 Å². The van der Waals surface area contributed by atoms with Crippen molar-refractivity contribution in [3.63, 3.8) is 0 Å². The van der Waals surface area contributed by atoms with E-state index in [1.54, 1.807) is 6.21 Å². The molecule has 3 rings (SSSR count). The maximum absolute atomic E-state index is 11.8. The summed E-state index contributed by atoms with van der Waals surface area (Å²) in [5, 5.41) is 1.17. The number of fused-ring (bicyclic) bond motifs is 3. The van der Waals surface area contributed by atoms with Gasteiger partial charge in [-0.2, -0.15) is 0 Å². The summed E-state index contributed by atoms with van der Waals surface area (Å²) in [6.45, 7) is 0.711. The summed E-state index contributed by atoms with van der Waals surface area (Å²) < 4.78 is 4.85. The van der Waals surface area contributed by atoms with Crippen molar-refractivity contribution in [2.45, 2.75) is 12.3 Å². The lowest BCUT2D eigenvalue weighted by molar-refractivity contribution is -0.140. The Kier molecular flexibility index (Phi) is 2.63. The van der Waals surface area contributed by atoms with Crippen LogP contribution in [0.3, 0.4) is 0 Å². The minimum Gasteiger partial charge on any atom is -0.468 e. The van der Waals surface area contributed by atoms with Gasteiger partial charge in [0, 0.05) is 29.4 Å². The zero-order valence-corrected chi connectivity index (χ0v) is 10.1. The number of carbonyl (C=O) groups excluding carboxylic acids is 1. The molecule has 1 aliphatic rings. The highest BCUT2D eigenvalue weighted by atomic mass is 16.5. The molecular weight excluding hydrogens is 228 g/mol. The van der Waals surface area contributed by atoms with Gasteiger partial charge in [-0.25, -0.2) is 0 Å². The number of nitrogens with one attached hydrogen (secondary N) is 1. The molecule has 1 aromatic heterocycles. The highest BCUT2D eigenvalue weighted by molar-refractivity contribution is 5.99. The lowest BCUT2D eigenvalue weighted by atomic mass is 10.0. The third kappa shape index (κ3) is 1.61. The van der Waals surface area contributed by atoms with Gasteiger partial charge in [-0.1, -0.05) is 18.2 Å². The second kappa shape index (κ2) is 4.29. The van der Waals surface area contributed by atoms with Gasteiger partial charge in [0.05, 0.1) is 7.11 Å².